The molecule has 0 amide bonds. The topological polar surface area (TPSA) is 38.7 Å². The second kappa shape index (κ2) is 4.80. The van der Waals surface area contributed by atoms with Crippen molar-refractivity contribution < 1.29 is 23.4 Å². The summed E-state index contributed by atoms with van der Waals surface area (Å²) in [6.45, 7) is 0. The van der Waals surface area contributed by atoms with Gasteiger partial charge >= 0.3 is 5.25 Å². The van der Waals surface area contributed by atoms with E-state index in [2.05, 4.69) is 9.37 Å². The first-order valence-electron chi connectivity index (χ1n) is 7.63. The molecular weight excluding hydrogens is 286 g/mol. The Morgan fingerprint density at radius 3 is 2.55 bits per heavy atom. The highest BCUT2D eigenvalue weighted by Gasteiger charge is 2.62. The number of rotatable bonds is 5. The van der Waals surface area contributed by atoms with E-state index in [9.17, 15) is 8.78 Å². The molecule has 0 saturated heterocycles. The van der Waals surface area contributed by atoms with Crippen LogP contribution >= 0.6 is 12.0 Å². The van der Waals surface area contributed by atoms with Gasteiger partial charge in [0.05, 0.1) is 0 Å². The molecule has 114 valence electrons. The van der Waals surface area contributed by atoms with E-state index in [1.807, 2.05) is 0 Å². The molecule has 3 nitrogen and oxygen atoms in total. The maximum absolute atomic E-state index is 13.8. The van der Waals surface area contributed by atoms with Crippen molar-refractivity contribution in [3.8, 4) is 0 Å². The minimum atomic E-state index is -2.98. The molecule has 6 heteroatoms. The predicted molar refractivity (Wildman–Crippen MR) is 69.5 cm³/mol. The number of hydrogen-bond acceptors (Lipinski definition) is 4. The van der Waals surface area contributed by atoms with Gasteiger partial charge in [-0.05, 0) is 73.5 Å². The minimum Gasteiger partial charge on any atom is -0.220 e. The van der Waals surface area contributed by atoms with E-state index in [0.29, 0.717) is 11.8 Å². The fourth-order valence-electron chi connectivity index (χ4n) is 6.34. The highest BCUT2D eigenvalue weighted by molar-refractivity contribution is 7.95. The number of hydrogen-bond donors (Lipinski definition) is 1. The molecule has 0 aromatic rings. The van der Waals surface area contributed by atoms with Gasteiger partial charge in [0.1, 0.15) is 12.0 Å². The molecule has 0 spiro atoms. The fraction of sp³-hybridized carbons (Fsp3) is 1.00. The maximum atomic E-state index is 13.8. The largest absolute Gasteiger partial charge is 0.321 e. The Bertz CT molecular complexity index is 395. The van der Waals surface area contributed by atoms with Crippen molar-refractivity contribution in [1.82, 2.24) is 0 Å². The SMILES string of the molecule is OOOSC(F)(F)CC1CC2CC1C1C3CCC(C3)C21. The molecule has 7 unspecified atom stereocenters. The lowest BCUT2D eigenvalue weighted by Gasteiger charge is -2.39. The Balaban J connectivity index is 1.43. The first-order valence-corrected chi connectivity index (χ1v) is 8.37. The predicted octanol–water partition coefficient (Wildman–Crippen LogP) is 4.36. The van der Waals surface area contributed by atoms with Crippen LogP contribution < -0.4 is 0 Å². The summed E-state index contributed by atoms with van der Waals surface area (Å²) in [6, 6.07) is 0. The first kappa shape index (κ1) is 13.7. The van der Waals surface area contributed by atoms with Crippen molar-refractivity contribution in [2.75, 3.05) is 0 Å². The molecule has 4 saturated carbocycles. The molecule has 0 radical (unpaired) electrons. The summed E-state index contributed by atoms with van der Waals surface area (Å²) < 4.78 is 31.5. The van der Waals surface area contributed by atoms with E-state index in [1.165, 1.54) is 25.7 Å². The molecule has 4 fully saturated rings. The molecule has 0 aliphatic heterocycles. The first-order chi connectivity index (χ1) is 9.59. The standard InChI is InChI=1S/C14H20F2O3S/c15-14(16,20-19-18-17)6-10-4-9-5-11(10)13-8-2-1-7(3-8)12(9)13/h7-13,17H,1-6H2. The number of fused-ring (bicyclic) bond motifs is 9. The van der Waals surface area contributed by atoms with Crippen LogP contribution in [0.15, 0.2) is 0 Å². The van der Waals surface area contributed by atoms with E-state index in [-0.39, 0.29) is 24.4 Å². The molecule has 0 aromatic heterocycles. The summed E-state index contributed by atoms with van der Waals surface area (Å²) in [7, 11) is 0. The van der Waals surface area contributed by atoms with Crippen molar-refractivity contribution in [2.45, 2.75) is 43.8 Å². The van der Waals surface area contributed by atoms with E-state index in [4.69, 9.17) is 5.26 Å². The van der Waals surface area contributed by atoms with Gasteiger partial charge in [0.15, 0.2) is 0 Å². The Kier molecular flexibility index (Phi) is 3.29. The molecule has 0 heterocycles. The lowest BCUT2D eigenvalue weighted by atomic mass is 9.67. The highest BCUT2D eigenvalue weighted by Crippen LogP contribution is 2.69. The summed E-state index contributed by atoms with van der Waals surface area (Å²) in [5.74, 6) is 4.62. The van der Waals surface area contributed by atoms with Crippen LogP contribution in [0.1, 0.15) is 38.5 Å². The summed E-state index contributed by atoms with van der Waals surface area (Å²) >= 11 is -0.0721. The van der Waals surface area contributed by atoms with E-state index >= 15 is 0 Å². The van der Waals surface area contributed by atoms with Crippen LogP contribution in [0.2, 0.25) is 0 Å². The molecule has 7 atom stereocenters. The lowest BCUT2D eigenvalue weighted by molar-refractivity contribution is -0.433. The molecule has 0 aromatic carbocycles. The average molecular weight is 306 g/mol. The van der Waals surface area contributed by atoms with Gasteiger partial charge < -0.3 is 0 Å². The quantitative estimate of drug-likeness (QED) is 0.354. The van der Waals surface area contributed by atoms with Crippen LogP contribution in [0.3, 0.4) is 0 Å². The third-order valence-corrected chi connectivity index (χ3v) is 7.10. The van der Waals surface area contributed by atoms with Gasteiger partial charge in [-0.25, -0.2) is 5.26 Å². The zero-order valence-corrected chi connectivity index (χ0v) is 12.0. The molecule has 4 bridgehead atoms. The summed E-state index contributed by atoms with van der Waals surface area (Å²) in [6.07, 6.45) is 6.06. The van der Waals surface area contributed by atoms with Crippen molar-refractivity contribution in [2.24, 2.45) is 41.4 Å². The Hall–Kier alpha value is 0.0900. The number of alkyl halides is 2. The normalized spacial score (nSPS) is 49.0. The van der Waals surface area contributed by atoms with E-state index < -0.39 is 5.25 Å². The molecular formula is C14H20F2O3S. The van der Waals surface area contributed by atoms with Crippen LogP contribution in [0, 0.1) is 41.4 Å². The van der Waals surface area contributed by atoms with Crippen LogP contribution in [0.4, 0.5) is 8.78 Å². The monoisotopic (exact) mass is 306 g/mol. The summed E-state index contributed by atoms with van der Waals surface area (Å²) in [5.41, 5.74) is 0. The zero-order valence-electron chi connectivity index (χ0n) is 11.2. The third kappa shape index (κ3) is 2.02. The van der Waals surface area contributed by atoms with Gasteiger partial charge in [-0.2, -0.15) is 8.78 Å². The number of halogens is 2. The van der Waals surface area contributed by atoms with Crippen molar-refractivity contribution in [1.29, 1.82) is 0 Å². The van der Waals surface area contributed by atoms with Gasteiger partial charge in [-0.1, -0.05) is 5.04 Å². The van der Waals surface area contributed by atoms with Crippen molar-refractivity contribution in [3.63, 3.8) is 0 Å². The van der Waals surface area contributed by atoms with Crippen LogP contribution in [0.25, 0.3) is 0 Å². The van der Waals surface area contributed by atoms with Crippen LogP contribution in [-0.2, 0) is 9.37 Å². The molecule has 1 N–H and O–H groups in total. The minimum absolute atomic E-state index is 0.0721. The third-order valence-electron chi connectivity index (χ3n) is 6.56. The van der Waals surface area contributed by atoms with Crippen molar-refractivity contribution in [3.05, 3.63) is 0 Å². The summed E-state index contributed by atoms with van der Waals surface area (Å²) in [5, 5.41) is 8.33. The summed E-state index contributed by atoms with van der Waals surface area (Å²) in [4.78, 5) is 0. The van der Waals surface area contributed by atoms with Gasteiger partial charge in [0, 0.05) is 6.42 Å². The molecule has 4 rings (SSSR count). The second-order valence-corrected chi connectivity index (χ2v) is 8.11. The maximum Gasteiger partial charge on any atom is 0.321 e. The molecule has 4 aliphatic rings. The smallest absolute Gasteiger partial charge is 0.220 e. The van der Waals surface area contributed by atoms with Crippen molar-refractivity contribution >= 4 is 12.0 Å². The van der Waals surface area contributed by atoms with E-state index in [1.54, 1.807) is 0 Å². The molecule has 4 aliphatic carbocycles. The zero-order chi connectivity index (χ0) is 13.9. The highest BCUT2D eigenvalue weighted by atomic mass is 32.2. The van der Waals surface area contributed by atoms with E-state index in [0.717, 1.165) is 30.1 Å². The van der Waals surface area contributed by atoms with Crippen LogP contribution in [-0.4, -0.2) is 10.5 Å². The Morgan fingerprint density at radius 1 is 1.05 bits per heavy atom. The lowest BCUT2D eigenvalue weighted by Crippen LogP contribution is -2.34. The van der Waals surface area contributed by atoms with Gasteiger partial charge in [0.25, 0.3) is 0 Å². The van der Waals surface area contributed by atoms with Crippen LogP contribution in [0.5, 0.6) is 0 Å². The Morgan fingerprint density at radius 2 is 1.80 bits per heavy atom. The Labute approximate surface area is 121 Å². The van der Waals surface area contributed by atoms with Gasteiger partial charge in [-0.15, -0.1) is 4.33 Å². The average Bonchev–Trinajstić information content (AvgIpc) is 3.13. The van der Waals surface area contributed by atoms with Gasteiger partial charge in [-0.3, -0.25) is 0 Å². The molecule has 20 heavy (non-hydrogen) atoms. The second-order valence-electron chi connectivity index (χ2n) is 7.21. The fourth-order valence-corrected chi connectivity index (χ4v) is 6.75. The van der Waals surface area contributed by atoms with Gasteiger partial charge in [0.2, 0.25) is 0 Å².